The Morgan fingerprint density at radius 1 is 1.42 bits per heavy atom. The SMILES string of the molecule is CN(C)CC#CC1=CCCCC1. The zero-order chi connectivity index (χ0) is 8.81. The van der Waals surface area contributed by atoms with Gasteiger partial charge in [-0.3, -0.25) is 4.90 Å². The lowest BCUT2D eigenvalue weighted by atomic mass is 10.0. The monoisotopic (exact) mass is 163 g/mol. The van der Waals surface area contributed by atoms with Crippen LogP contribution in [-0.4, -0.2) is 25.5 Å². The molecule has 0 bridgehead atoms. The first-order chi connectivity index (χ1) is 5.79. The highest BCUT2D eigenvalue weighted by atomic mass is 15.0. The number of hydrogen-bond donors (Lipinski definition) is 0. The van der Waals surface area contributed by atoms with E-state index in [9.17, 15) is 0 Å². The number of rotatable bonds is 1. The third-order valence-corrected chi connectivity index (χ3v) is 1.94. The smallest absolute Gasteiger partial charge is 0.0600 e. The molecule has 0 aromatic heterocycles. The maximum absolute atomic E-state index is 3.22. The standard InChI is InChI=1S/C11H17N/c1-12(2)10-6-9-11-7-4-3-5-8-11/h7H,3-5,8,10H2,1-2H3. The molecule has 0 fully saturated rings. The van der Waals surface area contributed by atoms with Gasteiger partial charge in [0.1, 0.15) is 0 Å². The molecule has 0 aromatic carbocycles. The normalized spacial score (nSPS) is 16.8. The van der Waals surface area contributed by atoms with Crippen LogP contribution in [0.3, 0.4) is 0 Å². The second-order valence-electron chi connectivity index (χ2n) is 3.51. The minimum Gasteiger partial charge on any atom is -0.299 e. The van der Waals surface area contributed by atoms with Gasteiger partial charge in [0.25, 0.3) is 0 Å². The van der Waals surface area contributed by atoms with Crippen LogP contribution in [0.1, 0.15) is 25.7 Å². The molecule has 1 aliphatic rings. The van der Waals surface area contributed by atoms with E-state index < -0.39 is 0 Å². The first kappa shape index (κ1) is 9.35. The Bertz CT molecular complexity index is 215. The molecule has 12 heavy (non-hydrogen) atoms. The molecular weight excluding hydrogens is 146 g/mol. The molecule has 0 atom stereocenters. The molecule has 0 amide bonds. The first-order valence-electron chi connectivity index (χ1n) is 4.61. The molecule has 1 heteroatoms. The second kappa shape index (κ2) is 5.00. The van der Waals surface area contributed by atoms with Crippen LogP contribution in [-0.2, 0) is 0 Å². The van der Waals surface area contributed by atoms with Crippen LogP contribution < -0.4 is 0 Å². The Morgan fingerprint density at radius 3 is 2.83 bits per heavy atom. The van der Waals surface area contributed by atoms with E-state index in [1.54, 1.807) is 0 Å². The molecule has 0 radical (unpaired) electrons. The van der Waals surface area contributed by atoms with Crippen molar-refractivity contribution in [2.24, 2.45) is 0 Å². The Kier molecular flexibility index (Phi) is 3.90. The highest BCUT2D eigenvalue weighted by Crippen LogP contribution is 2.15. The Hall–Kier alpha value is -0.740. The van der Waals surface area contributed by atoms with Crippen molar-refractivity contribution in [2.45, 2.75) is 25.7 Å². The summed E-state index contributed by atoms with van der Waals surface area (Å²) in [5, 5.41) is 0. The molecular formula is C11H17N. The van der Waals surface area contributed by atoms with Crippen LogP contribution >= 0.6 is 0 Å². The van der Waals surface area contributed by atoms with Gasteiger partial charge in [-0.05, 0) is 45.4 Å². The highest BCUT2D eigenvalue weighted by molar-refractivity contribution is 5.29. The number of hydrogen-bond acceptors (Lipinski definition) is 1. The third-order valence-electron chi connectivity index (χ3n) is 1.94. The summed E-state index contributed by atoms with van der Waals surface area (Å²) in [5.41, 5.74) is 1.35. The van der Waals surface area contributed by atoms with Gasteiger partial charge in [0.2, 0.25) is 0 Å². The lowest BCUT2D eigenvalue weighted by Crippen LogP contribution is -2.10. The Labute approximate surface area is 75.5 Å². The maximum Gasteiger partial charge on any atom is 0.0600 e. The lowest BCUT2D eigenvalue weighted by molar-refractivity contribution is 0.464. The van der Waals surface area contributed by atoms with E-state index in [0.29, 0.717) is 0 Å². The average Bonchev–Trinajstić information content (AvgIpc) is 2.05. The molecule has 1 aliphatic carbocycles. The number of allylic oxidation sites excluding steroid dienone is 2. The first-order valence-corrected chi connectivity index (χ1v) is 4.61. The van der Waals surface area contributed by atoms with Crippen molar-refractivity contribution in [1.82, 2.24) is 4.90 Å². The van der Waals surface area contributed by atoms with Gasteiger partial charge in [-0.1, -0.05) is 17.9 Å². The zero-order valence-electron chi connectivity index (χ0n) is 8.06. The molecule has 66 valence electrons. The van der Waals surface area contributed by atoms with Crippen molar-refractivity contribution >= 4 is 0 Å². The van der Waals surface area contributed by atoms with Crippen molar-refractivity contribution in [3.63, 3.8) is 0 Å². The third kappa shape index (κ3) is 3.59. The summed E-state index contributed by atoms with van der Waals surface area (Å²) in [6.07, 6.45) is 7.37. The fraction of sp³-hybridized carbons (Fsp3) is 0.636. The summed E-state index contributed by atoms with van der Waals surface area (Å²) < 4.78 is 0. The minimum atomic E-state index is 0.872. The van der Waals surface area contributed by atoms with Gasteiger partial charge in [-0.25, -0.2) is 0 Å². The van der Waals surface area contributed by atoms with Crippen LogP contribution in [0.2, 0.25) is 0 Å². The van der Waals surface area contributed by atoms with E-state index in [-0.39, 0.29) is 0 Å². The topological polar surface area (TPSA) is 3.24 Å². The van der Waals surface area contributed by atoms with Crippen molar-refractivity contribution in [3.05, 3.63) is 11.6 Å². The van der Waals surface area contributed by atoms with Gasteiger partial charge in [0.05, 0.1) is 6.54 Å². The molecule has 1 nitrogen and oxygen atoms in total. The summed E-state index contributed by atoms with van der Waals surface area (Å²) in [4.78, 5) is 2.09. The van der Waals surface area contributed by atoms with Crippen LogP contribution in [0.4, 0.5) is 0 Å². The van der Waals surface area contributed by atoms with Crippen LogP contribution in [0.5, 0.6) is 0 Å². The summed E-state index contributed by atoms with van der Waals surface area (Å²) in [5.74, 6) is 6.38. The van der Waals surface area contributed by atoms with Crippen LogP contribution in [0.15, 0.2) is 11.6 Å². The molecule has 0 saturated heterocycles. The van der Waals surface area contributed by atoms with Gasteiger partial charge in [-0.2, -0.15) is 0 Å². The summed E-state index contributed by atoms with van der Waals surface area (Å²) in [6, 6.07) is 0. The van der Waals surface area contributed by atoms with Gasteiger partial charge in [0.15, 0.2) is 0 Å². The zero-order valence-corrected chi connectivity index (χ0v) is 8.06. The maximum atomic E-state index is 3.22. The minimum absolute atomic E-state index is 0.872. The van der Waals surface area contributed by atoms with E-state index in [1.807, 2.05) is 14.1 Å². The molecule has 0 unspecified atom stereocenters. The quantitative estimate of drug-likeness (QED) is 0.535. The number of nitrogens with zero attached hydrogens (tertiary/aromatic N) is 1. The van der Waals surface area contributed by atoms with Crippen molar-refractivity contribution in [1.29, 1.82) is 0 Å². The van der Waals surface area contributed by atoms with Crippen molar-refractivity contribution in [2.75, 3.05) is 20.6 Å². The van der Waals surface area contributed by atoms with E-state index >= 15 is 0 Å². The van der Waals surface area contributed by atoms with E-state index in [1.165, 1.54) is 31.3 Å². The molecule has 0 spiro atoms. The van der Waals surface area contributed by atoms with Gasteiger partial charge in [0, 0.05) is 0 Å². The van der Waals surface area contributed by atoms with Gasteiger partial charge in [-0.15, -0.1) is 0 Å². The molecule has 0 saturated carbocycles. The fourth-order valence-electron chi connectivity index (χ4n) is 1.26. The highest BCUT2D eigenvalue weighted by Gasteiger charge is 1.98. The Morgan fingerprint density at radius 2 is 2.25 bits per heavy atom. The van der Waals surface area contributed by atoms with E-state index in [4.69, 9.17) is 0 Å². The van der Waals surface area contributed by atoms with Crippen LogP contribution in [0, 0.1) is 11.8 Å². The molecule has 0 aromatic rings. The molecule has 0 aliphatic heterocycles. The van der Waals surface area contributed by atoms with E-state index in [0.717, 1.165) is 6.54 Å². The Balaban J connectivity index is 2.36. The fourth-order valence-corrected chi connectivity index (χ4v) is 1.26. The summed E-state index contributed by atoms with van der Waals surface area (Å²) in [6.45, 7) is 0.872. The molecule has 1 rings (SSSR count). The molecule has 0 N–H and O–H groups in total. The van der Waals surface area contributed by atoms with Gasteiger partial charge < -0.3 is 0 Å². The van der Waals surface area contributed by atoms with Crippen LogP contribution in [0.25, 0.3) is 0 Å². The lowest BCUT2D eigenvalue weighted by Gasteiger charge is -2.06. The van der Waals surface area contributed by atoms with Crippen molar-refractivity contribution < 1.29 is 0 Å². The predicted octanol–water partition coefficient (Wildman–Crippen LogP) is 2.05. The van der Waals surface area contributed by atoms with Gasteiger partial charge >= 0.3 is 0 Å². The second-order valence-corrected chi connectivity index (χ2v) is 3.51. The van der Waals surface area contributed by atoms with Crippen molar-refractivity contribution in [3.8, 4) is 11.8 Å². The predicted molar refractivity (Wildman–Crippen MR) is 52.9 cm³/mol. The average molecular weight is 163 g/mol. The summed E-state index contributed by atoms with van der Waals surface area (Å²) >= 11 is 0. The van der Waals surface area contributed by atoms with E-state index in [2.05, 4.69) is 22.8 Å². The largest absolute Gasteiger partial charge is 0.299 e. The summed E-state index contributed by atoms with van der Waals surface area (Å²) in [7, 11) is 4.09. The molecule has 0 heterocycles.